The topological polar surface area (TPSA) is 202 Å². The second kappa shape index (κ2) is 10.1. The minimum atomic E-state index is -1.86. The number of ether oxygens (including phenoxy) is 5. The maximum Gasteiger partial charge on any atom is 0.335 e. The summed E-state index contributed by atoms with van der Waals surface area (Å²) >= 11 is 0. The van der Waals surface area contributed by atoms with Gasteiger partial charge in [-0.2, -0.15) is 0 Å². The van der Waals surface area contributed by atoms with E-state index in [-0.39, 0.29) is 13.2 Å². The highest BCUT2D eigenvalue weighted by atomic mass is 16.7. The van der Waals surface area contributed by atoms with E-state index in [0.29, 0.717) is 0 Å². The van der Waals surface area contributed by atoms with Gasteiger partial charge in [0.1, 0.15) is 36.6 Å². The van der Waals surface area contributed by atoms with Gasteiger partial charge in [0, 0.05) is 13.2 Å². The number of hydrogen-bond acceptors (Lipinski definition) is 11. The molecule has 13 heteroatoms. The van der Waals surface area contributed by atoms with Crippen molar-refractivity contribution in [3.05, 3.63) is 0 Å². The highest BCUT2D eigenvalue weighted by Crippen LogP contribution is 2.30. The summed E-state index contributed by atoms with van der Waals surface area (Å²) < 4.78 is 25.7. The van der Waals surface area contributed by atoms with Gasteiger partial charge in [-0.1, -0.05) is 0 Å². The fourth-order valence-electron chi connectivity index (χ4n) is 3.17. The van der Waals surface area contributed by atoms with Gasteiger partial charge in [-0.25, -0.2) is 9.59 Å². The molecule has 168 valence electrons. The molecule has 13 nitrogen and oxygen atoms in total. The van der Waals surface area contributed by atoms with Gasteiger partial charge in [-0.15, -0.1) is 0 Å². The molecule has 2 heterocycles. The average molecular weight is 426 g/mol. The molecule has 2 aliphatic rings. The van der Waals surface area contributed by atoms with Crippen molar-refractivity contribution in [3.8, 4) is 0 Å². The molecular weight excluding hydrogens is 400 g/mol. The van der Waals surface area contributed by atoms with Gasteiger partial charge in [0.05, 0.1) is 0 Å². The third-order valence-corrected chi connectivity index (χ3v) is 4.56. The van der Waals surface area contributed by atoms with Crippen molar-refractivity contribution in [2.45, 2.75) is 75.3 Å². The molecule has 2 saturated heterocycles. The van der Waals surface area contributed by atoms with Gasteiger partial charge in [-0.3, -0.25) is 0 Å². The fourth-order valence-corrected chi connectivity index (χ4v) is 3.17. The van der Waals surface area contributed by atoms with Crippen LogP contribution >= 0.6 is 0 Å². The van der Waals surface area contributed by atoms with E-state index in [1.54, 1.807) is 13.8 Å². The number of carboxylic acid groups (broad SMARTS) is 2. The molecule has 0 aromatic heterocycles. The monoisotopic (exact) mass is 426 g/mol. The van der Waals surface area contributed by atoms with Gasteiger partial charge in [0.25, 0.3) is 0 Å². The van der Waals surface area contributed by atoms with E-state index in [0.717, 1.165) is 0 Å². The van der Waals surface area contributed by atoms with Crippen LogP contribution in [0.4, 0.5) is 0 Å². The number of hydrogen-bond donors (Lipinski definition) is 6. The zero-order valence-corrected chi connectivity index (χ0v) is 15.7. The molecule has 0 radical (unpaired) electrons. The Morgan fingerprint density at radius 2 is 1.17 bits per heavy atom. The number of carbonyl (C=O) groups is 2. The van der Waals surface area contributed by atoms with Crippen molar-refractivity contribution in [1.82, 2.24) is 0 Å². The first-order valence-corrected chi connectivity index (χ1v) is 9.01. The SMILES string of the molecule is CCO[C@@H]1OC(C(=O)O)[C@H](O[C@@H]2OC(C(=O)O)[C@H](OCC)[C@H](O)C2O)[C@H](O)C1O. The van der Waals surface area contributed by atoms with Gasteiger partial charge in [-0.05, 0) is 13.8 Å². The summed E-state index contributed by atoms with van der Waals surface area (Å²) in [5.41, 5.74) is 0. The van der Waals surface area contributed by atoms with Crippen molar-refractivity contribution in [2.24, 2.45) is 0 Å². The first kappa shape index (κ1) is 23.9. The van der Waals surface area contributed by atoms with E-state index in [4.69, 9.17) is 23.7 Å². The first-order valence-electron chi connectivity index (χ1n) is 9.01. The van der Waals surface area contributed by atoms with Crippen LogP contribution in [0.25, 0.3) is 0 Å². The fraction of sp³-hybridized carbons (Fsp3) is 0.875. The predicted molar refractivity (Wildman–Crippen MR) is 88.5 cm³/mol. The van der Waals surface area contributed by atoms with Crippen molar-refractivity contribution < 1.29 is 63.9 Å². The lowest BCUT2D eigenvalue weighted by molar-refractivity contribution is -0.352. The van der Waals surface area contributed by atoms with Crippen LogP contribution in [0.3, 0.4) is 0 Å². The molecule has 29 heavy (non-hydrogen) atoms. The Labute approximate surface area is 165 Å². The standard InChI is InChI=1S/C16H26O13/c1-3-25-9-5(17)8(20)16(29-11(9)13(21)22)27-10-6(18)7(19)15(26-4-2)28-12(10)14(23)24/h5-12,15-20H,3-4H2,1-2H3,(H,21,22)(H,23,24)/t5-,6-,7?,8?,9-,10-,11?,12?,15-,16-/m1/s1. The number of aliphatic hydroxyl groups is 4. The summed E-state index contributed by atoms with van der Waals surface area (Å²) in [6, 6.07) is 0. The van der Waals surface area contributed by atoms with Gasteiger partial charge < -0.3 is 54.3 Å². The quantitative estimate of drug-likeness (QED) is 0.228. The molecule has 0 aromatic carbocycles. The Kier molecular flexibility index (Phi) is 8.28. The zero-order valence-electron chi connectivity index (χ0n) is 15.7. The van der Waals surface area contributed by atoms with E-state index >= 15 is 0 Å². The van der Waals surface area contributed by atoms with Crippen LogP contribution in [0, 0.1) is 0 Å². The molecule has 0 spiro atoms. The van der Waals surface area contributed by atoms with Crippen molar-refractivity contribution in [2.75, 3.05) is 13.2 Å². The second-order valence-corrected chi connectivity index (χ2v) is 6.46. The summed E-state index contributed by atoms with van der Waals surface area (Å²) in [5, 5.41) is 59.6. The molecule has 2 fully saturated rings. The molecule has 0 saturated carbocycles. The summed E-state index contributed by atoms with van der Waals surface area (Å²) in [6.45, 7) is 3.19. The smallest absolute Gasteiger partial charge is 0.335 e. The van der Waals surface area contributed by atoms with E-state index in [1.807, 2.05) is 0 Å². The van der Waals surface area contributed by atoms with Crippen LogP contribution in [0.2, 0.25) is 0 Å². The van der Waals surface area contributed by atoms with Gasteiger partial charge >= 0.3 is 11.9 Å². The molecule has 2 aliphatic heterocycles. The van der Waals surface area contributed by atoms with E-state index in [9.17, 15) is 40.2 Å². The molecule has 0 aliphatic carbocycles. The minimum Gasteiger partial charge on any atom is -0.479 e. The predicted octanol–water partition coefficient (Wildman–Crippen LogP) is -3.12. The van der Waals surface area contributed by atoms with E-state index in [2.05, 4.69) is 0 Å². The van der Waals surface area contributed by atoms with Gasteiger partial charge in [0.15, 0.2) is 24.8 Å². The second-order valence-electron chi connectivity index (χ2n) is 6.46. The largest absolute Gasteiger partial charge is 0.479 e. The average Bonchev–Trinajstić information content (AvgIpc) is 2.66. The lowest BCUT2D eigenvalue weighted by atomic mass is 9.96. The third-order valence-electron chi connectivity index (χ3n) is 4.56. The number of aliphatic hydroxyl groups excluding tert-OH is 4. The highest BCUT2D eigenvalue weighted by Gasteiger charge is 2.54. The summed E-state index contributed by atoms with van der Waals surface area (Å²) in [7, 11) is 0. The maximum absolute atomic E-state index is 11.5. The number of carboxylic acids is 2. The van der Waals surface area contributed by atoms with Crippen LogP contribution in [0.5, 0.6) is 0 Å². The van der Waals surface area contributed by atoms with Crippen LogP contribution in [-0.2, 0) is 33.3 Å². The maximum atomic E-state index is 11.5. The van der Waals surface area contributed by atoms with Crippen molar-refractivity contribution in [3.63, 3.8) is 0 Å². The zero-order chi connectivity index (χ0) is 21.9. The lowest BCUT2D eigenvalue weighted by Crippen LogP contribution is -2.66. The highest BCUT2D eigenvalue weighted by molar-refractivity contribution is 5.74. The Balaban J connectivity index is 2.23. The first-order chi connectivity index (χ1) is 13.6. The number of aliphatic carboxylic acids is 2. The number of rotatable bonds is 8. The molecular formula is C16H26O13. The lowest BCUT2D eigenvalue weighted by Gasteiger charge is -2.45. The van der Waals surface area contributed by atoms with Gasteiger partial charge in [0.2, 0.25) is 0 Å². The van der Waals surface area contributed by atoms with Crippen LogP contribution < -0.4 is 0 Å². The summed E-state index contributed by atoms with van der Waals surface area (Å²) in [4.78, 5) is 23.0. The van der Waals surface area contributed by atoms with Crippen LogP contribution in [0.15, 0.2) is 0 Å². The molecule has 0 bridgehead atoms. The van der Waals surface area contributed by atoms with Crippen LogP contribution in [-0.4, -0.2) is 117 Å². The third kappa shape index (κ3) is 5.02. The Bertz CT molecular complexity index is 571. The molecule has 2 rings (SSSR count). The van der Waals surface area contributed by atoms with E-state index in [1.165, 1.54) is 0 Å². The molecule has 0 amide bonds. The van der Waals surface area contributed by atoms with E-state index < -0.39 is 73.4 Å². The molecule has 0 aromatic rings. The minimum absolute atomic E-state index is 0.0222. The van der Waals surface area contributed by atoms with Crippen LogP contribution in [0.1, 0.15) is 13.8 Å². The Morgan fingerprint density at radius 3 is 1.69 bits per heavy atom. The molecule has 10 atom stereocenters. The normalized spacial score (nSPS) is 43.1. The van der Waals surface area contributed by atoms with Crippen molar-refractivity contribution >= 4 is 11.9 Å². The Hall–Kier alpha value is -1.42. The molecule has 6 N–H and O–H groups in total. The Morgan fingerprint density at radius 1 is 0.724 bits per heavy atom. The summed E-state index contributed by atoms with van der Waals surface area (Å²) in [6.07, 6.45) is -17.2. The van der Waals surface area contributed by atoms with Crippen molar-refractivity contribution in [1.29, 1.82) is 0 Å². The summed E-state index contributed by atoms with van der Waals surface area (Å²) in [5.74, 6) is -3.09. The molecule has 4 unspecified atom stereocenters.